The van der Waals surface area contributed by atoms with Crippen LogP contribution in [-0.2, 0) is 20.1 Å². The zero-order valence-corrected chi connectivity index (χ0v) is 9.63. The normalized spacial score (nSPS) is 12.8. The van der Waals surface area contributed by atoms with Crippen LogP contribution in [0, 0.1) is 0 Å². The Bertz CT molecular complexity index is 469. The van der Waals surface area contributed by atoms with E-state index in [2.05, 4.69) is 0 Å². The van der Waals surface area contributed by atoms with Crippen LogP contribution in [0.4, 0.5) is 0 Å². The summed E-state index contributed by atoms with van der Waals surface area (Å²) in [4.78, 5) is -0.560. The zero-order valence-electron chi connectivity index (χ0n) is 8.81. The Morgan fingerprint density at radius 3 is 2.13 bits per heavy atom. The highest BCUT2D eigenvalue weighted by Crippen LogP contribution is 2.34. The van der Waals surface area contributed by atoms with Gasteiger partial charge in [-0.05, 0) is 11.5 Å². The van der Waals surface area contributed by atoms with E-state index in [1.54, 1.807) is 6.07 Å². The summed E-state index contributed by atoms with van der Waals surface area (Å²) < 4.78 is 32.5. The molecule has 0 aliphatic heterocycles. The Morgan fingerprint density at radius 1 is 1.20 bits per heavy atom. The SMILES string of the molecule is CC(C)(C)c1cccc(S([O])(=O)=O)c1O. The highest BCUT2D eigenvalue weighted by atomic mass is 32.2. The molecule has 4 nitrogen and oxygen atoms in total. The number of para-hydroxylation sites is 1. The molecule has 0 unspecified atom stereocenters. The fraction of sp³-hybridized carbons (Fsp3) is 0.400. The van der Waals surface area contributed by atoms with Crippen LogP contribution < -0.4 is 0 Å². The molecular weight excluding hydrogens is 216 g/mol. The van der Waals surface area contributed by atoms with E-state index in [0.29, 0.717) is 5.56 Å². The minimum atomic E-state index is -4.62. The lowest BCUT2D eigenvalue weighted by molar-refractivity contribution is 0.397. The third kappa shape index (κ3) is 2.49. The van der Waals surface area contributed by atoms with Crippen LogP contribution >= 0.6 is 0 Å². The summed E-state index contributed by atoms with van der Waals surface area (Å²) in [6, 6.07) is 4.15. The Balaban J connectivity index is 3.51. The van der Waals surface area contributed by atoms with Gasteiger partial charge in [-0.25, -0.2) is 0 Å². The van der Waals surface area contributed by atoms with Gasteiger partial charge in [-0.1, -0.05) is 37.5 Å². The van der Waals surface area contributed by atoms with Gasteiger partial charge >= 0.3 is 10.1 Å². The fourth-order valence-electron chi connectivity index (χ4n) is 1.33. The second kappa shape index (κ2) is 3.50. The predicted molar refractivity (Wildman–Crippen MR) is 54.7 cm³/mol. The van der Waals surface area contributed by atoms with Gasteiger partial charge in [-0.2, -0.15) is 8.42 Å². The molecule has 0 aromatic heterocycles. The lowest BCUT2D eigenvalue weighted by Crippen LogP contribution is -2.12. The molecule has 0 amide bonds. The second-order valence-corrected chi connectivity index (χ2v) is 5.70. The molecule has 1 N–H and O–H groups in total. The van der Waals surface area contributed by atoms with E-state index in [9.17, 15) is 18.1 Å². The summed E-state index contributed by atoms with van der Waals surface area (Å²) in [5, 5.41) is 9.68. The van der Waals surface area contributed by atoms with Gasteiger partial charge in [0.15, 0.2) is 0 Å². The Kier molecular flexibility index (Phi) is 2.80. The van der Waals surface area contributed by atoms with Crippen molar-refractivity contribution >= 4 is 10.1 Å². The number of phenolic OH excluding ortho intramolecular Hbond substituents is 1. The largest absolute Gasteiger partial charge is 0.506 e. The smallest absolute Gasteiger partial charge is 0.327 e. The van der Waals surface area contributed by atoms with Crippen molar-refractivity contribution in [3.63, 3.8) is 0 Å². The summed E-state index contributed by atoms with van der Waals surface area (Å²) in [5.74, 6) is -0.444. The number of phenols is 1. The lowest BCUT2D eigenvalue weighted by atomic mass is 9.86. The van der Waals surface area contributed by atoms with Crippen LogP contribution in [0.5, 0.6) is 5.75 Å². The molecular formula is C10H13O4S. The number of benzene rings is 1. The first-order valence-corrected chi connectivity index (χ1v) is 5.83. The molecule has 0 spiro atoms. The van der Waals surface area contributed by atoms with Crippen molar-refractivity contribution in [2.45, 2.75) is 31.1 Å². The van der Waals surface area contributed by atoms with E-state index in [1.807, 2.05) is 20.8 Å². The summed E-state index contributed by atoms with van der Waals surface area (Å²) in [7, 11) is -4.62. The molecule has 0 fully saturated rings. The van der Waals surface area contributed by atoms with Gasteiger partial charge < -0.3 is 5.11 Å². The van der Waals surface area contributed by atoms with E-state index in [0.717, 1.165) is 6.07 Å². The molecule has 0 aliphatic carbocycles. The van der Waals surface area contributed by atoms with Gasteiger partial charge in [0.25, 0.3) is 0 Å². The molecule has 0 saturated heterocycles. The fourth-order valence-corrected chi connectivity index (χ4v) is 1.92. The van der Waals surface area contributed by atoms with Crippen LogP contribution in [0.15, 0.2) is 23.1 Å². The molecule has 0 bridgehead atoms. The van der Waals surface area contributed by atoms with Gasteiger partial charge in [0.05, 0.1) is 0 Å². The molecule has 0 aliphatic rings. The monoisotopic (exact) mass is 229 g/mol. The van der Waals surface area contributed by atoms with Gasteiger partial charge in [0.1, 0.15) is 10.6 Å². The Labute approximate surface area is 89.3 Å². The minimum Gasteiger partial charge on any atom is -0.506 e. The molecule has 0 saturated carbocycles. The molecule has 83 valence electrons. The molecule has 1 aromatic rings. The van der Waals surface area contributed by atoms with Crippen LogP contribution in [0.25, 0.3) is 0 Å². The van der Waals surface area contributed by atoms with Crippen molar-refractivity contribution in [3.05, 3.63) is 23.8 Å². The van der Waals surface area contributed by atoms with Crippen LogP contribution in [0.1, 0.15) is 26.3 Å². The number of hydrogen-bond acceptors (Lipinski definition) is 3. The van der Waals surface area contributed by atoms with Crippen molar-refractivity contribution < 1.29 is 18.1 Å². The highest BCUT2D eigenvalue weighted by molar-refractivity contribution is 7.85. The summed E-state index contributed by atoms with van der Waals surface area (Å²) in [5.41, 5.74) is 0.0320. The first-order chi connectivity index (χ1) is 6.64. The zero-order chi connectivity index (χ0) is 11.9. The van der Waals surface area contributed by atoms with Gasteiger partial charge in [-0.3, -0.25) is 0 Å². The van der Waals surface area contributed by atoms with Crippen molar-refractivity contribution in [2.75, 3.05) is 0 Å². The molecule has 1 rings (SSSR count). The summed E-state index contributed by atoms with van der Waals surface area (Å²) >= 11 is 0. The van der Waals surface area contributed by atoms with Crippen molar-refractivity contribution in [3.8, 4) is 5.75 Å². The Morgan fingerprint density at radius 2 is 1.73 bits per heavy atom. The van der Waals surface area contributed by atoms with Gasteiger partial charge in [0.2, 0.25) is 0 Å². The highest BCUT2D eigenvalue weighted by Gasteiger charge is 2.24. The standard InChI is InChI=1S/C10H13O4S/c1-10(2,3)7-5-4-6-8(9(7)11)15(12,13)14/h4-6,11H,1-3H3. The first kappa shape index (κ1) is 12.0. The predicted octanol–water partition coefficient (Wildman–Crippen LogP) is 1.81. The lowest BCUT2D eigenvalue weighted by Gasteiger charge is -2.20. The number of rotatable bonds is 1. The maximum atomic E-state index is 10.8. The summed E-state index contributed by atoms with van der Waals surface area (Å²) in [6.07, 6.45) is 0. The van der Waals surface area contributed by atoms with Crippen molar-refractivity contribution in [1.29, 1.82) is 0 Å². The minimum absolute atomic E-state index is 0.412. The van der Waals surface area contributed by atoms with E-state index in [4.69, 9.17) is 0 Å². The maximum absolute atomic E-state index is 10.8. The van der Waals surface area contributed by atoms with E-state index < -0.39 is 26.2 Å². The first-order valence-electron chi connectivity index (χ1n) is 4.42. The molecule has 5 heteroatoms. The van der Waals surface area contributed by atoms with E-state index in [1.165, 1.54) is 6.07 Å². The third-order valence-corrected chi connectivity index (χ3v) is 2.94. The molecule has 1 radical (unpaired) electrons. The molecule has 15 heavy (non-hydrogen) atoms. The topological polar surface area (TPSA) is 74.3 Å². The number of aromatic hydroxyl groups is 1. The maximum Gasteiger partial charge on any atom is 0.327 e. The summed E-state index contributed by atoms with van der Waals surface area (Å²) in [6.45, 7) is 5.47. The molecule has 0 atom stereocenters. The van der Waals surface area contributed by atoms with Gasteiger partial charge in [-0.15, -0.1) is 0 Å². The van der Waals surface area contributed by atoms with Crippen molar-refractivity contribution in [1.82, 2.24) is 0 Å². The van der Waals surface area contributed by atoms with Crippen LogP contribution in [0.2, 0.25) is 0 Å². The van der Waals surface area contributed by atoms with E-state index >= 15 is 0 Å². The third-order valence-electron chi connectivity index (χ3n) is 2.08. The average molecular weight is 229 g/mol. The quantitative estimate of drug-likeness (QED) is 0.798. The molecule has 1 aromatic carbocycles. The van der Waals surface area contributed by atoms with Crippen molar-refractivity contribution in [2.24, 2.45) is 0 Å². The second-order valence-electron chi connectivity index (χ2n) is 4.36. The number of hydrogen-bond donors (Lipinski definition) is 1. The van der Waals surface area contributed by atoms with Crippen LogP contribution in [0.3, 0.4) is 0 Å². The van der Waals surface area contributed by atoms with Crippen LogP contribution in [-0.4, -0.2) is 13.5 Å². The van der Waals surface area contributed by atoms with Gasteiger partial charge in [0, 0.05) is 5.56 Å². The van der Waals surface area contributed by atoms with E-state index in [-0.39, 0.29) is 0 Å². The Hall–Kier alpha value is -1.07. The average Bonchev–Trinajstić information content (AvgIpc) is 1.99. The molecule has 0 heterocycles.